The maximum absolute atomic E-state index is 5.66. The Morgan fingerprint density at radius 3 is 2.79 bits per heavy atom. The summed E-state index contributed by atoms with van der Waals surface area (Å²) in [5.41, 5.74) is 5.66. The van der Waals surface area contributed by atoms with Crippen LogP contribution in [0.25, 0.3) is 0 Å². The predicted octanol–water partition coefficient (Wildman–Crippen LogP) is 1.63. The van der Waals surface area contributed by atoms with Crippen LogP contribution >= 0.6 is 11.3 Å². The van der Waals surface area contributed by atoms with E-state index in [-0.39, 0.29) is 0 Å². The van der Waals surface area contributed by atoms with Gasteiger partial charge in [-0.1, -0.05) is 0 Å². The number of hydrogen-bond acceptors (Lipinski definition) is 4. The third kappa shape index (κ3) is 2.07. The second-order valence-electron chi connectivity index (χ2n) is 3.92. The van der Waals surface area contributed by atoms with Crippen molar-refractivity contribution in [2.45, 2.75) is 19.8 Å². The van der Waals surface area contributed by atoms with E-state index in [1.54, 1.807) is 11.3 Å². The average molecular weight is 211 g/mol. The van der Waals surface area contributed by atoms with Crippen LogP contribution in [0.4, 0.5) is 5.13 Å². The molecule has 3 nitrogen and oxygen atoms in total. The molecule has 1 aromatic rings. The molecule has 0 radical (unpaired) electrons. The molecule has 0 aromatic carbocycles. The maximum atomic E-state index is 5.66. The first-order valence-electron chi connectivity index (χ1n) is 5.17. The fourth-order valence-electron chi connectivity index (χ4n) is 1.85. The third-order valence-electron chi connectivity index (χ3n) is 2.83. The number of hydrogen-bond donors (Lipinski definition) is 1. The van der Waals surface area contributed by atoms with Crippen molar-refractivity contribution in [2.24, 2.45) is 11.7 Å². The van der Waals surface area contributed by atoms with Crippen molar-refractivity contribution < 1.29 is 0 Å². The number of nitrogens with zero attached hydrogens (tertiary/aromatic N) is 2. The van der Waals surface area contributed by atoms with Crippen LogP contribution in [-0.4, -0.2) is 24.6 Å². The van der Waals surface area contributed by atoms with Gasteiger partial charge in [0.15, 0.2) is 5.13 Å². The summed E-state index contributed by atoms with van der Waals surface area (Å²) in [4.78, 5) is 8.07. The van der Waals surface area contributed by atoms with Crippen LogP contribution in [0.3, 0.4) is 0 Å². The average Bonchev–Trinajstić information content (AvgIpc) is 2.65. The second kappa shape index (κ2) is 4.28. The van der Waals surface area contributed by atoms with Crippen LogP contribution in [0, 0.1) is 12.8 Å². The Balaban J connectivity index is 1.95. The molecule has 1 aromatic heterocycles. The van der Waals surface area contributed by atoms with E-state index in [0.29, 0.717) is 0 Å². The molecule has 1 saturated heterocycles. The Morgan fingerprint density at radius 1 is 1.57 bits per heavy atom. The molecule has 2 rings (SSSR count). The largest absolute Gasteiger partial charge is 0.348 e. The Kier molecular flexibility index (Phi) is 3.03. The molecule has 4 heteroatoms. The van der Waals surface area contributed by atoms with Gasteiger partial charge >= 0.3 is 0 Å². The summed E-state index contributed by atoms with van der Waals surface area (Å²) in [6, 6.07) is 0. The molecule has 0 spiro atoms. The van der Waals surface area contributed by atoms with Crippen LogP contribution in [0.15, 0.2) is 6.20 Å². The highest BCUT2D eigenvalue weighted by molar-refractivity contribution is 7.15. The lowest BCUT2D eigenvalue weighted by molar-refractivity contribution is 0.414. The Hall–Kier alpha value is -0.610. The first-order chi connectivity index (χ1) is 6.79. The summed E-state index contributed by atoms with van der Waals surface area (Å²) in [7, 11) is 0. The SMILES string of the molecule is Cc1cnc(N2CCC(CN)CC2)s1. The van der Waals surface area contributed by atoms with Crippen LogP contribution in [0.2, 0.25) is 0 Å². The second-order valence-corrected chi connectivity index (χ2v) is 5.13. The molecule has 0 aliphatic carbocycles. The van der Waals surface area contributed by atoms with E-state index in [1.165, 1.54) is 22.9 Å². The van der Waals surface area contributed by atoms with Gasteiger partial charge in [0.25, 0.3) is 0 Å². The molecule has 2 heterocycles. The fraction of sp³-hybridized carbons (Fsp3) is 0.700. The molecule has 1 aliphatic rings. The van der Waals surface area contributed by atoms with E-state index in [1.807, 2.05) is 6.20 Å². The Labute approximate surface area is 88.9 Å². The molecule has 14 heavy (non-hydrogen) atoms. The summed E-state index contributed by atoms with van der Waals surface area (Å²) in [5, 5.41) is 1.18. The fourth-order valence-corrected chi connectivity index (χ4v) is 2.66. The first-order valence-corrected chi connectivity index (χ1v) is 5.98. The normalized spacial score (nSPS) is 18.9. The zero-order valence-corrected chi connectivity index (χ0v) is 9.39. The summed E-state index contributed by atoms with van der Waals surface area (Å²) in [6.45, 7) is 5.18. The van der Waals surface area contributed by atoms with E-state index in [0.717, 1.165) is 25.6 Å². The lowest BCUT2D eigenvalue weighted by Gasteiger charge is -2.30. The Morgan fingerprint density at radius 2 is 2.29 bits per heavy atom. The number of rotatable bonds is 2. The van der Waals surface area contributed by atoms with Crippen LogP contribution in [-0.2, 0) is 0 Å². The van der Waals surface area contributed by atoms with Crippen molar-refractivity contribution in [1.29, 1.82) is 0 Å². The standard InChI is InChI=1S/C10H17N3S/c1-8-7-12-10(14-8)13-4-2-9(6-11)3-5-13/h7,9H,2-6,11H2,1H3. The smallest absolute Gasteiger partial charge is 0.185 e. The van der Waals surface area contributed by atoms with Gasteiger partial charge in [-0.3, -0.25) is 0 Å². The zero-order valence-electron chi connectivity index (χ0n) is 8.57. The van der Waals surface area contributed by atoms with Crippen molar-refractivity contribution in [3.8, 4) is 0 Å². The van der Waals surface area contributed by atoms with E-state index in [2.05, 4.69) is 16.8 Å². The number of anilines is 1. The predicted molar refractivity (Wildman–Crippen MR) is 60.8 cm³/mol. The van der Waals surface area contributed by atoms with Gasteiger partial charge in [0.2, 0.25) is 0 Å². The van der Waals surface area contributed by atoms with Crippen molar-refractivity contribution in [3.05, 3.63) is 11.1 Å². The van der Waals surface area contributed by atoms with Crippen LogP contribution < -0.4 is 10.6 Å². The van der Waals surface area contributed by atoms with Crippen molar-refractivity contribution in [3.63, 3.8) is 0 Å². The van der Waals surface area contributed by atoms with Gasteiger partial charge < -0.3 is 10.6 Å². The van der Waals surface area contributed by atoms with Crippen molar-refractivity contribution in [1.82, 2.24) is 4.98 Å². The van der Waals surface area contributed by atoms with Crippen LogP contribution in [0.1, 0.15) is 17.7 Å². The molecule has 1 fully saturated rings. The minimum absolute atomic E-state index is 0.729. The van der Waals surface area contributed by atoms with Gasteiger partial charge in [0.1, 0.15) is 0 Å². The molecule has 1 aliphatic heterocycles. The van der Waals surface area contributed by atoms with Gasteiger partial charge in [-0.2, -0.15) is 0 Å². The number of nitrogens with two attached hydrogens (primary N) is 1. The minimum Gasteiger partial charge on any atom is -0.348 e. The number of aryl methyl sites for hydroxylation is 1. The molecule has 78 valence electrons. The van der Waals surface area contributed by atoms with Gasteiger partial charge in [0.05, 0.1) is 0 Å². The highest BCUT2D eigenvalue weighted by atomic mass is 32.1. The number of thiazole rings is 1. The highest BCUT2D eigenvalue weighted by Gasteiger charge is 2.19. The summed E-state index contributed by atoms with van der Waals surface area (Å²) in [6.07, 6.45) is 4.39. The van der Waals surface area contributed by atoms with E-state index >= 15 is 0 Å². The lowest BCUT2D eigenvalue weighted by atomic mass is 9.98. The monoisotopic (exact) mass is 211 g/mol. The number of piperidine rings is 1. The van der Waals surface area contributed by atoms with Gasteiger partial charge in [-0.05, 0) is 32.2 Å². The van der Waals surface area contributed by atoms with E-state index in [4.69, 9.17) is 5.73 Å². The third-order valence-corrected chi connectivity index (χ3v) is 3.80. The number of aromatic nitrogens is 1. The summed E-state index contributed by atoms with van der Waals surface area (Å²) >= 11 is 1.79. The molecular formula is C10H17N3S. The van der Waals surface area contributed by atoms with Gasteiger partial charge in [-0.15, -0.1) is 11.3 Å². The maximum Gasteiger partial charge on any atom is 0.185 e. The lowest BCUT2D eigenvalue weighted by Crippen LogP contribution is -2.35. The summed E-state index contributed by atoms with van der Waals surface area (Å²) in [5.74, 6) is 0.729. The topological polar surface area (TPSA) is 42.2 Å². The quantitative estimate of drug-likeness (QED) is 0.808. The first kappa shape index (κ1) is 9.93. The van der Waals surface area contributed by atoms with Crippen molar-refractivity contribution >= 4 is 16.5 Å². The molecule has 0 unspecified atom stereocenters. The molecule has 0 saturated carbocycles. The minimum atomic E-state index is 0.729. The molecule has 2 N–H and O–H groups in total. The van der Waals surface area contributed by atoms with E-state index in [9.17, 15) is 0 Å². The Bertz CT molecular complexity index is 289. The molecule has 0 atom stereocenters. The molecule has 0 amide bonds. The van der Waals surface area contributed by atoms with Crippen molar-refractivity contribution in [2.75, 3.05) is 24.5 Å². The van der Waals surface area contributed by atoms with Crippen LogP contribution in [0.5, 0.6) is 0 Å². The van der Waals surface area contributed by atoms with E-state index < -0.39 is 0 Å². The highest BCUT2D eigenvalue weighted by Crippen LogP contribution is 2.26. The van der Waals surface area contributed by atoms with Gasteiger partial charge in [-0.25, -0.2) is 4.98 Å². The zero-order chi connectivity index (χ0) is 9.97. The molecule has 0 bridgehead atoms. The molecular weight excluding hydrogens is 194 g/mol. The van der Waals surface area contributed by atoms with Gasteiger partial charge in [0, 0.05) is 24.2 Å². The summed E-state index contributed by atoms with van der Waals surface area (Å²) < 4.78 is 0.